The summed E-state index contributed by atoms with van der Waals surface area (Å²) in [4.78, 5) is 11.6. The molecule has 0 spiro atoms. The molecular formula is C35H56O4. The lowest BCUT2D eigenvalue weighted by molar-refractivity contribution is -0.142. The molecule has 3 N–H and O–H groups in total. The minimum absolute atomic E-state index is 0.0805. The zero-order valence-corrected chi connectivity index (χ0v) is 24.9. The normalized spacial score (nSPS) is 30.4. The summed E-state index contributed by atoms with van der Waals surface area (Å²) >= 11 is 0. The number of carboxylic acid groups (broad SMARTS) is 1. The third-order valence-electron chi connectivity index (χ3n) is 11.2. The quantitative estimate of drug-likeness (QED) is 0.183. The topological polar surface area (TPSA) is 77.8 Å². The number of aromatic hydroxyl groups is 1. The zero-order chi connectivity index (χ0) is 27.8. The van der Waals surface area contributed by atoms with Crippen LogP contribution in [-0.4, -0.2) is 27.4 Å². The van der Waals surface area contributed by atoms with E-state index in [0.717, 1.165) is 51.4 Å². The Morgan fingerprint density at radius 3 is 2.31 bits per heavy atom. The van der Waals surface area contributed by atoms with Gasteiger partial charge in [-0.05, 0) is 104 Å². The second-order valence-corrected chi connectivity index (χ2v) is 13.7. The van der Waals surface area contributed by atoms with E-state index >= 15 is 0 Å². The van der Waals surface area contributed by atoms with Gasteiger partial charge in [-0.3, -0.25) is 4.79 Å². The van der Waals surface area contributed by atoms with Crippen LogP contribution in [0.5, 0.6) is 5.75 Å². The molecule has 39 heavy (non-hydrogen) atoms. The number of carbonyl (C=O) groups is 1. The summed E-state index contributed by atoms with van der Waals surface area (Å²) in [5, 5.41) is 30.7. The van der Waals surface area contributed by atoms with Crippen molar-refractivity contribution in [2.45, 2.75) is 148 Å². The molecule has 2 fully saturated rings. The molecule has 4 nitrogen and oxygen atoms in total. The van der Waals surface area contributed by atoms with Gasteiger partial charge in [0.1, 0.15) is 5.75 Å². The Balaban J connectivity index is 1.21. The summed E-state index contributed by atoms with van der Waals surface area (Å²) in [6.07, 6.45) is 21.4. The van der Waals surface area contributed by atoms with Gasteiger partial charge in [0.15, 0.2) is 0 Å². The highest BCUT2D eigenvalue weighted by molar-refractivity contribution is 5.69. The Bertz CT molecular complexity index is 912. The smallest absolute Gasteiger partial charge is 0.306 e. The van der Waals surface area contributed by atoms with Crippen LogP contribution in [0, 0.1) is 29.1 Å². The molecule has 0 aliphatic heterocycles. The van der Waals surface area contributed by atoms with Crippen LogP contribution in [0.25, 0.3) is 0 Å². The van der Waals surface area contributed by atoms with Crippen LogP contribution < -0.4 is 0 Å². The largest absolute Gasteiger partial charge is 0.508 e. The molecule has 0 bridgehead atoms. The molecule has 4 heteroatoms. The Morgan fingerprint density at radius 2 is 1.62 bits per heavy atom. The molecule has 1 aromatic carbocycles. The van der Waals surface area contributed by atoms with Crippen molar-refractivity contribution in [3.8, 4) is 5.75 Å². The number of benzene rings is 1. The first-order valence-electron chi connectivity index (χ1n) is 16.6. The van der Waals surface area contributed by atoms with Crippen molar-refractivity contribution in [3.05, 3.63) is 29.3 Å². The number of aliphatic carboxylic acids is 1. The molecule has 220 valence electrons. The molecule has 0 saturated heterocycles. The van der Waals surface area contributed by atoms with Gasteiger partial charge in [-0.15, -0.1) is 0 Å². The average Bonchev–Trinajstić information content (AvgIpc) is 3.22. The predicted octanol–water partition coefficient (Wildman–Crippen LogP) is 9.02. The van der Waals surface area contributed by atoms with Crippen molar-refractivity contribution in [1.82, 2.24) is 0 Å². The average molecular weight is 541 g/mol. The van der Waals surface area contributed by atoms with Crippen molar-refractivity contribution in [2.24, 2.45) is 29.1 Å². The molecule has 0 radical (unpaired) electrons. The van der Waals surface area contributed by atoms with E-state index in [0.29, 0.717) is 29.4 Å². The number of hydrogen-bond donors (Lipinski definition) is 3. The van der Waals surface area contributed by atoms with E-state index in [2.05, 4.69) is 19.9 Å². The fraction of sp³-hybridized carbons (Fsp3) is 0.800. The maximum Gasteiger partial charge on any atom is 0.306 e. The van der Waals surface area contributed by atoms with E-state index in [-0.39, 0.29) is 17.4 Å². The van der Waals surface area contributed by atoms with Crippen molar-refractivity contribution >= 4 is 5.97 Å². The molecule has 2 saturated carbocycles. The molecule has 0 aromatic heterocycles. The molecule has 0 heterocycles. The van der Waals surface area contributed by atoms with E-state index in [1.807, 2.05) is 12.1 Å². The van der Waals surface area contributed by atoms with Gasteiger partial charge < -0.3 is 15.3 Å². The lowest BCUT2D eigenvalue weighted by Crippen LogP contribution is -2.47. The predicted molar refractivity (Wildman–Crippen MR) is 159 cm³/mol. The fourth-order valence-corrected chi connectivity index (χ4v) is 8.92. The van der Waals surface area contributed by atoms with Crippen molar-refractivity contribution in [1.29, 1.82) is 0 Å². The van der Waals surface area contributed by atoms with Crippen LogP contribution in [0.2, 0.25) is 0 Å². The number of unbranched alkanes of at least 4 members (excludes halogenated alkanes) is 9. The summed E-state index contributed by atoms with van der Waals surface area (Å²) in [6.45, 7) is 4.57. The second kappa shape index (κ2) is 14.4. The standard InChI is InChI=1S/C35H56O4/c1-3-4-5-8-11-14-25(34(38)39)15-12-9-6-7-10-13-16-26-23-27-24-28(36)17-18-29(27)30-21-22-35(2)31(33(26)30)19-20-32(35)37/h17-18,24-26,30-33,36-37H,3-16,19-23H2,1-2H3,(H,38,39)/t25?,26-,30?,31?,32+,33?,35+/m1/s1. The number of hydrogen-bond acceptors (Lipinski definition) is 3. The molecule has 0 amide bonds. The van der Waals surface area contributed by atoms with Crippen molar-refractivity contribution in [2.75, 3.05) is 0 Å². The first-order chi connectivity index (χ1) is 18.8. The summed E-state index contributed by atoms with van der Waals surface area (Å²) in [5.74, 6) is 2.15. The highest BCUT2D eigenvalue weighted by Gasteiger charge is 2.56. The first-order valence-corrected chi connectivity index (χ1v) is 16.6. The fourth-order valence-electron chi connectivity index (χ4n) is 8.92. The Labute approximate surface area is 238 Å². The third-order valence-corrected chi connectivity index (χ3v) is 11.2. The van der Waals surface area contributed by atoms with E-state index in [1.54, 1.807) is 0 Å². The lowest BCUT2D eigenvalue weighted by atomic mass is 9.52. The lowest BCUT2D eigenvalue weighted by Gasteiger charge is -2.53. The van der Waals surface area contributed by atoms with Gasteiger partial charge in [0.2, 0.25) is 0 Å². The van der Waals surface area contributed by atoms with E-state index in [4.69, 9.17) is 0 Å². The summed E-state index contributed by atoms with van der Waals surface area (Å²) in [5.41, 5.74) is 2.91. The van der Waals surface area contributed by atoms with Crippen molar-refractivity contribution < 1.29 is 20.1 Å². The molecule has 4 rings (SSSR count). The number of aliphatic hydroxyl groups is 1. The van der Waals surface area contributed by atoms with E-state index in [9.17, 15) is 20.1 Å². The Kier molecular flexibility index (Phi) is 11.2. The highest BCUT2D eigenvalue weighted by Crippen LogP contribution is 2.62. The van der Waals surface area contributed by atoms with Crippen LogP contribution in [0.3, 0.4) is 0 Å². The van der Waals surface area contributed by atoms with Crippen LogP contribution >= 0.6 is 0 Å². The van der Waals surface area contributed by atoms with Crippen LogP contribution in [0.1, 0.15) is 146 Å². The zero-order valence-electron chi connectivity index (χ0n) is 24.9. The maximum atomic E-state index is 11.6. The SMILES string of the molecule is CCCCCCCC(CCCCCCCC[C@@H]1Cc2cc(O)ccc2C2CC[C@@]3(C)C(CC[C@@H]3O)C21)C(=O)O. The molecule has 4 unspecified atom stereocenters. The van der Waals surface area contributed by atoms with Gasteiger partial charge >= 0.3 is 5.97 Å². The number of phenolic OH excluding ortho intramolecular Hbond substituents is 1. The number of aliphatic hydroxyl groups excluding tert-OH is 1. The van der Waals surface area contributed by atoms with E-state index < -0.39 is 5.97 Å². The monoisotopic (exact) mass is 540 g/mol. The minimum Gasteiger partial charge on any atom is -0.508 e. The van der Waals surface area contributed by atoms with Crippen molar-refractivity contribution in [3.63, 3.8) is 0 Å². The minimum atomic E-state index is -0.597. The van der Waals surface area contributed by atoms with Crippen LogP contribution in [0.4, 0.5) is 0 Å². The number of phenols is 1. The van der Waals surface area contributed by atoms with Gasteiger partial charge in [0, 0.05) is 0 Å². The van der Waals surface area contributed by atoms with Gasteiger partial charge in [0.05, 0.1) is 12.0 Å². The maximum absolute atomic E-state index is 11.6. The van der Waals surface area contributed by atoms with Crippen LogP contribution in [0.15, 0.2) is 18.2 Å². The summed E-state index contributed by atoms with van der Waals surface area (Å²) < 4.78 is 0. The van der Waals surface area contributed by atoms with E-state index in [1.165, 1.54) is 81.8 Å². The molecule has 3 aliphatic carbocycles. The number of rotatable bonds is 16. The molecule has 7 atom stereocenters. The van der Waals surface area contributed by atoms with Gasteiger partial charge in [-0.1, -0.05) is 90.5 Å². The Hall–Kier alpha value is -1.55. The van der Waals surface area contributed by atoms with Crippen LogP contribution in [-0.2, 0) is 11.2 Å². The Morgan fingerprint density at radius 1 is 0.949 bits per heavy atom. The van der Waals surface area contributed by atoms with Gasteiger partial charge in [-0.2, -0.15) is 0 Å². The summed E-state index contributed by atoms with van der Waals surface area (Å²) in [6, 6.07) is 6.08. The highest BCUT2D eigenvalue weighted by atomic mass is 16.4. The second-order valence-electron chi connectivity index (χ2n) is 13.7. The third kappa shape index (κ3) is 7.40. The number of carboxylic acids is 1. The molecule has 3 aliphatic rings. The first kappa shape index (κ1) is 30.4. The summed E-state index contributed by atoms with van der Waals surface area (Å²) in [7, 11) is 0. The molecular weight excluding hydrogens is 484 g/mol. The number of fused-ring (bicyclic) bond motifs is 5. The van der Waals surface area contributed by atoms with Gasteiger partial charge in [0.25, 0.3) is 0 Å². The molecule has 1 aromatic rings. The van der Waals surface area contributed by atoms with Gasteiger partial charge in [-0.25, -0.2) is 0 Å².